The fourth-order valence-electron chi connectivity index (χ4n) is 10.3. The second-order valence-corrected chi connectivity index (χ2v) is 17.4. The third-order valence-corrected chi connectivity index (χ3v) is 13.5. The molecule has 0 saturated carbocycles. The predicted octanol–water partition coefficient (Wildman–Crippen LogP) is 16.0. The van der Waals surface area contributed by atoms with Crippen molar-refractivity contribution >= 4 is 43.6 Å². The zero-order chi connectivity index (χ0) is 43.8. The van der Waals surface area contributed by atoms with Crippen molar-refractivity contribution in [3.8, 4) is 0 Å². The summed E-state index contributed by atoms with van der Waals surface area (Å²) in [6.07, 6.45) is 0. The van der Waals surface area contributed by atoms with Gasteiger partial charge in [-0.05, 0) is 63.7 Å². The molecule has 0 bridgehead atoms. The number of hydrogen-bond acceptors (Lipinski definition) is 2. The molecule has 1 aliphatic heterocycles. The molecule has 0 radical (unpaired) electrons. The summed E-state index contributed by atoms with van der Waals surface area (Å²) in [5, 5.41) is 2.59. The van der Waals surface area contributed by atoms with E-state index in [0.29, 0.717) is 0 Å². The van der Waals surface area contributed by atoms with Gasteiger partial charge in [-0.3, -0.25) is 0 Å². The Kier molecular flexibility index (Phi) is 12.2. The van der Waals surface area contributed by atoms with Crippen molar-refractivity contribution in [2.75, 3.05) is 9.80 Å². The van der Waals surface area contributed by atoms with Crippen LogP contribution in [0.1, 0.15) is 118 Å². The minimum absolute atomic E-state index is 0.144. The fraction of sp³-hybridized carbons (Fsp3) is 0.169. The summed E-state index contributed by atoms with van der Waals surface area (Å²) < 4.78 is 0. The van der Waals surface area contributed by atoms with Crippen LogP contribution in [-0.2, 0) is 15.1 Å². The summed E-state index contributed by atoms with van der Waals surface area (Å²) in [5.41, 5.74) is 20.7. The first-order chi connectivity index (χ1) is 30.8. The Morgan fingerprint density at radius 3 is 0.968 bits per heavy atom. The summed E-state index contributed by atoms with van der Waals surface area (Å²) >= 11 is 3.66. The monoisotopic (exact) mass is 887 g/mol. The Morgan fingerprint density at radius 1 is 0.397 bits per heavy atom. The first-order valence-electron chi connectivity index (χ1n) is 22.1. The number of rotatable bonds is 10. The average molecular weight is 889 g/mol. The van der Waals surface area contributed by atoms with Crippen LogP contribution < -0.4 is 9.80 Å². The number of benzene rings is 8. The van der Waals surface area contributed by atoms with E-state index in [1.165, 1.54) is 100 Å². The van der Waals surface area contributed by atoms with Crippen LogP contribution in [0.3, 0.4) is 0 Å². The number of aryl methyl sites for hydroxylation is 2. The Bertz CT molecular complexity index is 2600. The second-order valence-electron chi connectivity index (χ2n) is 17.4. The molecule has 0 unspecified atom stereocenters. The molecule has 0 aromatic heterocycles. The molecule has 0 spiro atoms. The molecule has 0 fully saturated rings. The molecule has 317 valence electrons. The van der Waals surface area contributed by atoms with Crippen LogP contribution >= 0.6 is 10.1 Å². The molecule has 1 heterocycles. The maximum absolute atomic E-state index is 4.20. The van der Waals surface area contributed by atoms with Gasteiger partial charge in [-0.2, -0.15) is 0 Å². The average Bonchev–Trinajstić information content (AvgIpc) is 3.89. The van der Waals surface area contributed by atoms with Gasteiger partial charge in [0, 0.05) is 63.0 Å². The number of nitrogens with zero attached hydrogens (tertiary/aromatic N) is 2. The van der Waals surface area contributed by atoms with Gasteiger partial charge in [0.2, 0.25) is 0 Å². The van der Waals surface area contributed by atoms with Crippen molar-refractivity contribution in [1.82, 2.24) is 0 Å². The third-order valence-electron chi connectivity index (χ3n) is 13.5. The SMILES string of the molecule is Cc1cc([C@H](C)c2ccccc2)c(N2[CH-]N(c3c([C@H](C)c4ccccc4)cc(C)cc3[C@H](C)c3ccccc3)C3=C2c2cccc4cccc3c24)c([C@H](C)c2ccccc2)c1.[Cl][Cu+]. The van der Waals surface area contributed by atoms with Crippen molar-refractivity contribution in [2.45, 2.75) is 65.2 Å². The van der Waals surface area contributed by atoms with Gasteiger partial charge in [0.15, 0.2) is 0 Å². The number of halogens is 1. The molecule has 0 amide bonds. The van der Waals surface area contributed by atoms with Crippen molar-refractivity contribution in [2.24, 2.45) is 0 Å². The van der Waals surface area contributed by atoms with E-state index < -0.39 is 0 Å². The Hall–Kier alpha value is -5.83. The van der Waals surface area contributed by atoms with Crippen molar-refractivity contribution in [1.29, 1.82) is 0 Å². The van der Waals surface area contributed by atoms with Crippen LogP contribution in [0, 0.1) is 20.5 Å². The van der Waals surface area contributed by atoms with Crippen molar-refractivity contribution in [3.05, 3.63) is 255 Å². The van der Waals surface area contributed by atoms with Gasteiger partial charge in [0.05, 0.1) is 0 Å². The van der Waals surface area contributed by atoms with Gasteiger partial charge in [0.1, 0.15) is 0 Å². The van der Waals surface area contributed by atoms with Crippen LogP contribution in [0.15, 0.2) is 182 Å². The summed E-state index contributed by atoms with van der Waals surface area (Å²) in [4.78, 5) is 5.20. The topological polar surface area (TPSA) is 6.48 Å². The molecule has 2 aliphatic rings. The number of hydrogen-bond donors (Lipinski definition) is 0. The van der Waals surface area contributed by atoms with Gasteiger partial charge < -0.3 is 9.80 Å². The molecule has 8 aromatic carbocycles. The van der Waals surface area contributed by atoms with Crippen LogP contribution in [0.4, 0.5) is 11.4 Å². The Morgan fingerprint density at radius 2 is 0.683 bits per heavy atom. The third kappa shape index (κ3) is 7.71. The van der Waals surface area contributed by atoms with E-state index in [2.05, 4.69) is 265 Å². The van der Waals surface area contributed by atoms with E-state index in [9.17, 15) is 0 Å². The minimum atomic E-state index is 0.144. The molecule has 0 saturated heterocycles. The summed E-state index contributed by atoms with van der Waals surface area (Å²) in [5.74, 6) is 0.576. The van der Waals surface area contributed by atoms with Crippen LogP contribution in [0.2, 0.25) is 0 Å². The zero-order valence-corrected chi connectivity index (χ0v) is 38.5. The van der Waals surface area contributed by atoms with Gasteiger partial charge in [-0.15, -0.1) is 6.67 Å². The molecule has 8 aromatic rings. The predicted molar refractivity (Wildman–Crippen MR) is 264 cm³/mol. The quantitative estimate of drug-likeness (QED) is 0.0997. The molecule has 4 heteroatoms. The molecule has 2 nitrogen and oxygen atoms in total. The van der Waals surface area contributed by atoms with E-state index in [4.69, 9.17) is 0 Å². The first-order valence-corrected chi connectivity index (χ1v) is 23.4. The summed E-state index contributed by atoms with van der Waals surface area (Å²) in [6.45, 7) is 16.5. The van der Waals surface area contributed by atoms with Crippen molar-refractivity contribution in [3.63, 3.8) is 0 Å². The molecular weight excluding hydrogens is 836 g/mol. The number of anilines is 2. The van der Waals surface area contributed by atoms with Gasteiger partial charge in [0.25, 0.3) is 0 Å². The molecule has 63 heavy (non-hydrogen) atoms. The zero-order valence-electron chi connectivity index (χ0n) is 36.8. The maximum atomic E-state index is 4.20. The van der Waals surface area contributed by atoms with Crippen LogP contribution in [0.25, 0.3) is 22.2 Å². The summed E-state index contributed by atoms with van der Waals surface area (Å²) in [6, 6.07) is 67.7. The molecular formula is C59H53ClCuN2. The number of fused-ring (bicyclic) bond motifs is 2. The fourth-order valence-corrected chi connectivity index (χ4v) is 10.3. The first kappa shape index (κ1) is 42.5. The molecule has 1 aliphatic carbocycles. The summed E-state index contributed by atoms with van der Waals surface area (Å²) in [7, 11) is 4.20. The van der Waals surface area contributed by atoms with E-state index >= 15 is 0 Å². The Labute approximate surface area is 386 Å². The Balaban J connectivity index is 0.00000249. The van der Waals surface area contributed by atoms with Crippen LogP contribution in [0.5, 0.6) is 0 Å². The molecule has 0 N–H and O–H groups in total. The van der Waals surface area contributed by atoms with E-state index in [-0.39, 0.29) is 23.7 Å². The second kappa shape index (κ2) is 18.1. The van der Waals surface area contributed by atoms with E-state index in [1.54, 1.807) is 0 Å². The van der Waals surface area contributed by atoms with E-state index in [0.717, 1.165) is 0 Å². The van der Waals surface area contributed by atoms with E-state index in [1.807, 2.05) is 0 Å². The van der Waals surface area contributed by atoms with Gasteiger partial charge in [-0.1, -0.05) is 221 Å². The standard InChI is InChI=1S/C59H53N2.ClH.Cu/c1-38-33-51(40(3)44-21-11-7-12-22-44)56(52(34-38)41(4)45-23-13-8-14-24-45)60-37-61(59-50-32-20-30-48-29-19-31-49(55(48)50)58(59)60)57-53(42(5)46-25-15-9-16-26-46)35-39(2)36-54(57)43(6)47-27-17-10-18-28-47;;/h7-37,40-43H,1-6H3;1H;/q-1;;+2/p-1/t40-,41-,42-,43-;;/m1../s1. The van der Waals surface area contributed by atoms with Gasteiger partial charge in [-0.25, -0.2) is 0 Å². The normalized spacial score (nSPS) is 14.9. The van der Waals surface area contributed by atoms with Crippen molar-refractivity contribution < 1.29 is 15.1 Å². The van der Waals surface area contributed by atoms with Crippen LogP contribution in [-0.4, -0.2) is 0 Å². The molecule has 4 atom stereocenters. The van der Waals surface area contributed by atoms with Gasteiger partial charge >= 0.3 is 25.2 Å². The molecule has 10 rings (SSSR count).